The number of hydrogen-bond acceptors (Lipinski definition) is 3. The molecule has 2 rings (SSSR count). The topological polar surface area (TPSA) is 35.5 Å². The van der Waals surface area contributed by atoms with E-state index in [1.807, 2.05) is 0 Å². The van der Waals surface area contributed by atoms with Gasteiger partial charge in [-0.05, 0) is 19.1 Å². The summed E-state index contributed by atoms with van der Waals surface area (Å²) in [7, 11) is 0. The zero-order chi connectivity index (χ0) is 11.7. The van der Waals surface area contributed by atoms with Crippen molar-refractivity contribution >= 4 is 5.78 Å². The molecule has 86 valence electrons. The van der Waals surface area contributed by atoms with E-state index in [-0.39, 0.29) is 30.3 Å². The molecular formula is C11H10F2O3. The summed E-state index contributed by atoms with van der Waals surface area (Å²) in [6, 6.07) is 2.54. The van der Waals surface area contributed by atoms with Gasteiger partial charge in [0.25, 0.3) is 6.43 Å². The fraction of sp³-hybridized carbons (Fsp3) is 0.364. The molecular weight excluding hydrogens is 218 g/mol. The fourth-order valence-electron chi connectivity index (χ4n) is 1.63. The zero-order valence-electron chi connectivity index (χ0n) is 8.63. The average molecular weight is 228 g/mol. The minimum absolute atomic E-state index is 0.00687. The van der Waals surface area contributed by atoms with Gasteiger partial charge in [0.15, 0.2) is 11.5 Å². The van der Waals surface area contributed by atoms with Crippen LogP contribution >= 0.6 is 0 Å². The summed E-state index contributed by atoms with van der Waals surface area (Å²) in [4.78, 5) is 11.0. The van der Waals surface area contributed by atoms with Crippen LogP contribution in [-0.4, -0.2) is 12.6 Å². The van der Waals surface area contributed by atoms with E-state index in [1.54, 1.807) is 0 Å². The SMILES string of the molecule is CC(=O)Cc1cc(C(F)F)cc2c1OCO2. The Morgan fingerprint density at radius 2 is 2.19 bits per heavy atom. The number of carbonyl (C=O) groups excluding carboxylic acids is 1. The number of Topliss-reactive ketones (excluding diaryl/α,β-unsaturated/α-hetero) is 1. The molecule has 1 aliphatic heterocycles. The highest BCUT2D eigenvalue weighted by Gasteiger charge is 2.22. The van der Waals surface area contributed by atoms with Crippen LogP contribution in [0.15, 0.2) is 12.1 Å². The van der Waals surface area contributed by atoms with Crippen molar-refractivity contribution in [2.24, 2.45) is 0 Å². The second-order valence-corrected chi connectivity index (χ2v) is 3.59. The van der Waals surface area contributed by atoms with Crippen LogP contribution in [0, 0.1) is 0 Å². The number of halogens is 2. The molecule has 0 spiro atoms. The van der Waals surface area contributed by atoms with E-state index in [9.17, 15) is 13.6 Å². The molecule has 0 saturated carbocycles. The number of benzene rings is 1. The van der Waals surface area contributed by atoms with Crippen molar-refractivity contribution in [2.75, 3.05) is 6.79 Å². The number of rotatable bonds is 3. The Bertz CT molecular complexity index is 429. The van der Waals surface area contributed by atoms with Crippen LogP contribution in [0.1, 0.15) is 24.5 Å². The minimum atomic E-state index is -2.58. The highest BCUT2D eigenvalue weighted by Crippen LogP contribution is 2.39. The van der Waals surface area contributed by atoms with E-state index < -0.39 is 6.43 Å². The quantitative estimate of drug-likeness (QED) is 0.797. The lowest BCUT2D eigenvalue weighted by Crippen LogP contribution is -2.00. The standard InChI is InChI=1S/C11H10F2O3/c1-6(14)2-7-3-8(11(12)13)4-9-10(7)16-5-15-9/h3-4,11H,2,5H2,1H3. The van der Waals surface area contributed by atoms with Gasteiger partial charge in [-0.25, -0.2) is 8.78 Å². The molecule has 0 atom stereocenters. The molecule has 0 bridgehead atoms. The molecule has 0 fully saturated rings. The van der Waals surface area contributed by atoms with Gasteiger partial charge in [0.1, 0.15) is 5.78 Å². The van der Waals surface area contributed by atoms with Crippen LogP contribution in [0.4, 0.5) is 8.78 Å². The molecule has 3 nitrogen and oxygen atoms in total. The predicted molar refractivity (Wildman–Crippen MR) is 51.9 cm³/mol. The first-order valence-corrected chi connectivity index (χ1v) is 4.78. The highest BCUT2D eigenvalue weighted by molar-refractivity contribution is 5.79. The molecule has 0 aliphatic carbocycles. The minimum Gasteiger partial charge on any atom is -0.454 e. The summed E-state index contributed by atoms with van der Waals surface area (Å²) in [6.07, 6.45) is -2.51. The van der Waals surface area contributed by atoms with Crippen molar-refractivity contribution in [2.45, 2.75) is 19.8 Å². The molecule has 1 aliphatic rings. The number of ether oxygens (including phenoxy) is 2. The summed E-state index contributed by atoms with van der Waals surface area (Å²) in [5.41, 5.74) is 0.304. The van der Waals surface area contributed by atoms with Crippen molar-refractivity contribution in [3.05, 3.63) is 23.3 Å². The van der Waals surface area contributed by atoms with Crippen molar-refractivity contribution < 1.29 is 23.0 Å². The van der Waals surface area contributed by atoms with E-state index >= 15 is 0 Å². The number of ketones is 1. The second kappa shape index (κ2) is 4.08. The molecule has 0 amide bonds. The Labute approximate surface area is 91.0 Å². The van der Waals surface area contributed by atoms with Crippen LogP contribution in [0.5, 0.6) is 11.5 Å². The van der Waals surface area contributed by atoms with Crippen LogP contribution in [-0.2, 0) is 11.2 Å². The van der Waals surface area contributed by atoms with E-state index in [1.165, 1.54) is 19.1 Å². The third kappa shape index (κ3) is 1.98. The summed E-state index contributed by atoms with van der Waals surface area (Å²) in [5, 5.41) is 0. The van der Waals surface area contributed by atoms with E-state index in [2.05, 4.69) is 0 Å². The highest BCUT2D eigenvalue weighted by atomic mass is 19.3. The molecule has 0 aromatic heterocycles. The first kappa shape index (κ1) is 10.9. The van der Waals surface area contributed by atoms with Crippen LogP contribution in [0.25, 0.3) is 0 Å². The Hall–Kier alpha value is -1.65. The number of alkyl halides is 2. The van der Waals surface area contributed by atoms with E-state index in [0.717, 1.165) is 0 Å². The smallest absolute Gasteiger partial charge is 0.263 e. The Balaban J connectivity index is 2.45. The summed E-state index contributed by atoms with van der Waals surface area (Å²) >= 11 is 0. The molecule has 1 heterocycles. The summed E-state index contributed by atoms with van der Waals surface area (Å²) in [6.45, 7) is 1.41. The number of fused-ring (bicyclic) bond motifs is 1. The molecule has 0 unspecified atom stereocenters. The first-order valence-electron chi connectivity index (χ1n) is 4.78. The molecule has 5 heteroatoms. The van der Waals surface area contributed by atoms with Crippen molar-refractivity contribution in [1.82, 2.24) is 0 Å². The second-order valence-electron chi connectivity index (χ2n) is 3.59. The van der Waals surface area contributed by atoms with Crippen molar-refractivity contribution in [3.8, 4) is 11.5 Å². The number of carbonyl (C=O) groups is 1. The Morgan fingerprint density at radius 1 is 1.44 bits per heavy atom. The molecule has 0 N–H and O–H groups in total. The predicted octanol–water partition coefficient (Wildman–Crippen LogP) is 2.48. The molecule has 16 heavy (non-hydrogen) atoms. The first-order chi connectivity index (χ1) is 7.58. The maximum atomic E-state index is 12.6. The summed E-state index contributed by atoms with van der Waals surface area (Å²) in [5.74, 6) is 0.581. The van der Waals surface area contributed by atoms with Crippen LogP contribution < -0.4 is 9.47 Å². The van der Waals surface area contributed by atoms with Crippen molar-refractivity contribution in [3.63, 3.8) is 0 Å². The maximum absolute atomic E-state index is 12.6. The van der Waals surface area contributed by atoms with E-state index in [4.69, 9.17) is 9.47 Å². The van der Waals surface area contributed by atoms with Crippen molar-refractivity contribution in [1.29, 1.82) is 0 Å². The van der Waals surface area contributed by atoms with Gasteiger partial charge in [-0.3, -0.25) is 4.79 Å². The lowest BCUT2D eigenvalue weighted by Gasteiger charge is -2.07. The van der Waals surface area contributed by atoms with Gasteiger partial charge in [0.05, 0.1) is 0 Å². The Morgan fingerprint density at radius 3 is 2.81 bits per heavy atom. The van der Waals surface area contributed by atoms with Gasteiger partial charge < -0.3 is 9.47 Å². The third-order valence-electron chi connectivity index (χ3n) is 2.26. The third-order valence-corrected chi connectivity index (χ3v) is 2.26. The molecule has 0 radical (unpaired) electrons. The molecule has 0 saturated heterocycles. The Kier molecular flexibility index (Phi) is 2.77. The molecule has 1 aromatic rings. The van der Waals surface area contributed by atoms with Gasteiger partial charge in [-0.15, -0.1) is 0 Å². The lowest BCUT2D eigenvalue weighted by atomic mass is 10.0. The largest absolute Gasteiger partial charge is 0.454 e. The normalized spacial score (nSPS) is 13.2. The van der Waals surface area contributed by atoms with Gasteiger partial charge >= 0.3 is 0 Å². The molecule has 1 aromatic carbocycles. The lowest BCUT2D eigenvalue weighted by molar-refractivity contribution is -0.116. The van der Waals surface area contributed by atoms with E-state index in [0.29, 0.717) is 11.3 Å². The maximum Gasteiger partial charge on any atom is 0.263 e. The zero-order valence-corrected chi connectivity index (χ0v) is 8.63. The van der Waals surface area contributed by atoms with Gasteiger partial charge in [0, 0.05) is 17.5 Å². The fourth-order valence-corrected chi connectivity index (χ4v) is 1.63. The van der Waals surface area contributed by atoms with Gasteiger partial charge in [0.2, 0.25) is 6.79 Å². The van der Waals surface area contributed by atoms with Crippen LogP contribution in [0.3, 0.4) is 0 Å². The van der Waals surface area contributed by atoms with Gasteiger partial charge in [-0.1, -0.05) is 0 Å². The average Bonchev–Trinajstić information content (AvgIpc) is 2.64. The monoisotopic (exact) mass is 228 g/mol. The van der Waals surface area contributed by atoms with Crippen LogP contribution in [0.2, 0.25) is 0 Å². The van der Waals surface area contributed by atoms with Gasteiger partial charge in [-0.2, -0.15) is 0 Å². The summed E-state index contributed by atoms with van der Waals surface area (Å²) < 4.78 is 35.3. The number of hydrogen-bond donors (Lipinski definition) is 0.